The first kappa shape index (κ1) is 19.9. The highest BCUT2D eigenvalue weighted by atomic mass is 16.5. The lowest BCUT2D eigenvalue weighted by molar-refractivity contribution is 0.155. The van der Waals surface area contributed by atoms with Gasteiger partial charge in [-0.1, -0.05) is 60.7 Å². The third-order valence-corrected chi connectivity index (χ3v) is 4.23. The summed E-state index contributed by atoms with van der Waals surface area (Å²) in [5.41, 5.74) is 4.00. The van der Waals surface area contributed by atoms with Gasteiger partial charge in [0.1, 0.15) is 6.61 Å². The molecular weight excluding hydrogens is 366 g/mol. The molecule has 0 unspecified atom stereocenters. The maximum atomic E-state index is 12.1. The Morgan fingerprint density at radius 3 is 2.14 bits per heavy atom. The number of nitrogens with one attached hydrogen (secondary N) is 3. The molecule has 0 aliphatic rings. The number of benzene rings is 3. The summed E-state index contributed by atoms with van der Waals surface area (Å²) in [6, 6.07) is 24.1. The lowest BCUT2D eigenvalue weighted by Crippen LogP contribution is -2.28. The number of hydrogen-bond acceptors (Lipinski definition) is 3. The molecule has 0 aliphatic heterocycles. The van der Waals surface area contributed by atoms with Crippen molar-refractivity contribution < 1.29 is 14.3 Å². The largest absolute Gasteiger partial charge is 0.444 e. The lowest BCUT2D eigenvalue weighted by atomic mass is 10.2. The van der Waals surface area contributed by atoms with Crippen LogP contribution in [0.1, 0.15) is 16.7 Å². The van der Waals surface area contributed by atoms with Gasteiger partial charge in [0, 0.05) is 17.9 Å². The number of urea groups is 1. The van der Waals surface area contributed by atoms with Gasteiger partial charge >= 0.3 is 12.1 Å². The average Bonchev–Trinajstić information content (AvgIpc) is 2.74. The van der Waals surface area contributed by atoms with Crippen LogP contribution in [-0.2, 0) is 17.9 Å². The van der Waals surface area contributed by atoms with E-state index in [1.165, 1.54) is 0 Å². The highest BCUT2D eigenvalue weighted by Crippen LogP contribution is 2.20. The lowest BCUT2D eigenvalue weighted by Gasteiger charge is -2.12. The summed E-state index contributed by atoms with van der Waals surface area (Å²) in [6.45, 7) is 2.49. The van der Waals surface area contributed by atoms with Crippen molar-refractivity contribution in [1.82, 2.24) is 5.32 Å². The number of anilines is 2. The monoisotopic (exact) mass is 389 g/mol. The van der Waals surface area contributed by atoms with Crippen LogP contribution in [0, 0.1) is 6.92 Å². The van der Waals surface area contributed by atoms with Crippen LogP contribution in [0.3, 0.4) is 0 Å². The van der Waals surface area contributed by atoms with E-state index in [0.29, 0.717) is 17.9 Å². The van der Waals surface area contributed by atoms with Gasteiger partial charge in [0.25, 0.3) is 0 Å². The van der Waals surface area contributed by atoms with E-state index < -0.39 is 6.09 Å². The highest BCUT2D eigenvalue weighted by molar-refractivity contribution is 5.91. The van der Waals surface area contributed by atoms with Crippen LogP contribution in [0.25, 0.3) is 0 Å². The van der Waals surface area contributed by atoms with E-state index in [0.717, 1.165) is 16.7 Å². The van der Waals surface area contributed by atoms with Crippen LogP contribution in [0.15, 0.2) is 78.9 Å². The van der Waals surface area contributed by atoms with E-state index in [4.69, 9.17) is 4.74 Å². The molecule has 0 saturated carbocycles. The third kappa shape index (κ3) is 6.39. The zero-order valence-corrected chi connectivity index (χ0v) is 16.1. The van der Waals surface area contributed by atoms with Crippen LogP contribution in [0.4, 0.5) is 21.0 Å². The van der Waals surface area contributed by atoms with E-state index >= 15 is 0 Å². The Hall–Kier alpha value is -3.80. The highest BCUT2D eigenvalue weighted by Gasteiger charge is 2.08. The number of carbonyl (C=O) groups is 2. The first-order valence-electron chi connectivity index (χ1n) is 9.27. The van der Waals surface area contributed by atoms with Gasteiger partial charge in [0.05, 0.1) is 0 Å². The predicted molar refractivity (Wildman–Crippen MR) is 114 cm³/mol. The topological polar surface area (TPSA) is 79.5 Å². The minimum absolute atomic E-state index is 0.201. The quantitative estimate of drug-likeness (QED) is 0.551. The number of amides is 3. The van der Waals surface area contributed by atoms with Gasteiger partial charge in [-0.3, -0.25) is 5.32 Å². The summed E-state index contributed by atoms with van der Waals surface area (Å²) in [5, 5.41) is 8.31. The predicted octanol–water partition coefficient (Wildman–Crippen LogP) is 5.07. The summed E-state index contributed by atoms with van der Waals surface area (Å²) in [6.07, 6.45) is -0.529. The van der Waals surface area contributed by atoms with Crippen molar-refractivity contribution in [3.63, 3.8) is 0 Å². The van der Waals surface area contributed by atoms with Crippen LogP contribution in [0.2, 0.25) is 0 Å². The maximum Gasteiger partial charge on any atom is 0.411 e. The second-order valence-electron chi connectivity index (χ2n) is 6.51. The van der Waals surface area contributed by atoms with Gasteiger partial charge in [-0.15, -0.1) is 0 Å². The summed E-state index contributed by atoms with van der Waals surface area (Å²) in [5.74, 6) is 0. The van der Waals surface area contributed by atoms with Gasteiger partial charge < -0.3 is 15.4 Å². The fraction of sp³-hybridized carbons (Fsp3) is 0.130. The van der Waals surface area contributed by atoms with Crippen molar-refractivity contribution in [2.24, 2.45) is 0 Å². The van der Waals surface area contributed by atoms with Gasteiger partial charge in [0.15, 0.2) is 0 Å². The maximum absolute atomic E-state index is 12.1. The molecule has 0 bridgehead atoms. The summed E-state index contributed by atoms with van der Waals surface area (Å²) in [4.78, 5) is 24.1. The van der Waals surface area contributed by atoms with E-state index in [1.807, 2.05) is 67.6 Å². The average molecular weight is 389 g/mol. The first-order chi connectivity index (χ1) is 14.1. The molecule has 0 heterocycles. The van der Waals surface area contributed by atoms with Crippen molar-refractivity contribution in [1.29, 1.82) is 0 Å². The van der Waals surface area contributed by atoms with Crippen LogP contribution in [-0.4, -0.2) is 12.1 Å². The second-order valence-corrected chi connectivity index (χ2v) is 6.51. The van der Waals surface area contributed by atoms with E-state index in [-0.39, 0.29) is 12.6 Å². The standard InChI is InChI=1S/C23H23N3O3/c1-17-14-20(25-22(27)24-15-18-8-4-2-5-9-18)12-13-21(17)26-23(28)29-16-19-10-6-3-7-11-19/h2-14H,15-16H2,1H3,(H,26,28)(H2,24,25,27). The molecule has 29 heavy (non-hydrogen) atoms. The van der Waals surface area contributed by atoms with E-state index in [9.17, 15) is 9.59 Å². The zero-order valence-electron chi connectivity index (χ0n) is 16.1. The second kappa shape index (κ2) is 9.94. The van der Waals surface area contributed by atoms with E-state index in [1.54, 1.807) is 18.2 Å². The smallest absolute Gasteiger partial charge is 0.411 e. The summed E-state index contributed by atoms with van der Waals surface area (Å²) in [7, 11) is 0. The molecule has 0 fully saturated rings. The molecule has 0 spiro atoms. The Labute approximate surface area is 169 Å². The van der Waals surface area contributed by atoms with Gasteiger partial charge in [0.2, 0.25) is 0 Å². The van der Waals surface area contributed by atoms with Gasteiger partial charge in [-0.25, -0.2) is 9.59 Å². The molecule has 0 aromatic heterocycles. The summed E-state index contributed by atoms with van der Waals surface area (Å²) >= 11 is 0. The Bertz CT molecular complexity index is 960. The molecule has 0 radical (unpaired) electrons. The molecule has 0 saturated heterocycles. The fourth-order valence-electron chi connectivity index (χ4n) is 2.70. The fourth-order valence-corrected chi connectivity index (χ4v) is 2.70. The zero-order chi connectivity index (χ0) is 20.5. The molecule has 3 amide bonds. The SMILES string of the molecule is Cc1cc(NC(=O)NCc2ccccc2)ccc1NC(=O)OCc1ccccc1. The molecule has 3 aromatic rings. The van der Waals surface area contributed by atoms with Crippen molar-refractivity contribution in [3.8, 4) is 0 Å². The molecule has 3 N–H and O–H groups in total. The van der Waals surface area contributed by atoms with Crippen molar-refractivity contribution in [3.05, 3.63) is 95.6 Å². The molecule has 6 nitrogen and oxygen atoms in total. The van der Waals surface area contributed by atoms with Crippen molar-refractivity contribution in [2.45, 2.75) is 20.1 Å². The van der Waals surface area contributed by atoms with Gasteiger partial charge in [-0.05, 0) is 41.8 Å². The number of aryl methyl sites for hydroxylation is 1. The Morgan fingerprint density at radius 1 is 0.828 bits per heavy atom. The molecule has 6 heteroatoms. The third-order valence-electron chi connectivity index (χ3n) is 4.23. The van der Waals surface area contributed by atoms with Crippen LogP contribution < -0.4 is 16.0 Å². The normalized spacial score (nSPS) is 10.1. The van der Waals surface area contributed by atoms with Crippen molar-refractivity contribution >= 4 is 23.5 Å². The van der Waals surface area contributed by atoms with Crippen molar-refractivity contribution in [2.75, 3.05) is 10.6 Å². The molecule has 0 atom stereocenters. The number of hydrogen-bond donors (Lipinski definition) is 3. The Balaban J connectivity index is 1.48. The van der Waals surface area contributed by atoms with Crippen LogP contribution >= 0.6 is 0 Å². The van der Waals surface area contributed by atoms with Gasteiger partial charge in [-0.2, -0.15) is 0 Å². The molecular formula is C23H23N3O3. The molecule has 3 rings (SSSR count). The number of ether oxygens (including phenoxy) is 1. The Morgan fingerprint density at radius 2 is 1.48 bits per heavy atom. The minimum atomic E-state index is -0.529. The van der Waals surface area contributed by atoms with E-state index in [2.05, 4.69) is 16.0 Å². The number of rotatable bonds is 6. The Kier molecular flexibility index (Phi) is 6.84. The van der Waals surface area contributed by atoms with Crippen LogP contribution in [0.5, 0.6) is 0 Å². The summed E-state index contributed by atoms with van der Waals surface area (Å²) < 4.78 is 5.23. The minimum Gasteiger partial charge on any atom is -0.444 e. The first-order valence-corrected chi connectivity index (χ1v) is 9.27. The molecule has 148 valence electrons. The molecule has 0 aliphatic carbocycles. The number of carbonyl (C=O) groups excluding carboxylic acids is 2. The molecule has 3 aromatic carbocycles.